The van der Waals surface area contributed by atoms with Crippen molar-refractivity contribution >= 4 is 39.0 Å². The van der Waals surface area contributed by atoms with Crippen molar-refractivity contribution in [1.29, 1.82) is 5.26 Å². The summed E-state index contributed by atoms with van der Waals surface area (Å²) in [6.45, 7) is 1.78. The molecule has 1 unspecified atom stereocenters. The average Bonchev–Trinajstić information content (AvgIpc) is 2.97. The van der Waals surface area contributed by atoms with Crippen molar-refractivity contribution in [3.05, 3.63) is 49.8 Å². The number of aromatic nitrogens is 2. The normalized spacial score (nSPS) is 12.0. The number of anilines is 1. The summed E-state index contributed by atoms with van der Waals surface area (Å²) >= 11 is 6.94. The molecule has 0 amide bonds. The molecule has 6 nitrogen and oxygen atoms in total. The van der Waals surface area contributed by atoms with E-state index in [-0.39, 0.29) is 16.5 Å². The molecule has 2 heterocycles. The Balaban J connectivity index is 1.97. The number of methoxy groups -OCH3 is 1. The third kappa shape index (κ3) is 3.29. The van der Waals surface area contributed by atoms with Crippen LogP contribution in [-0.4, -0.2) is 17.1 Å². The summed E-state index contributed by atoms with van der Waals surface area (Å²) in [4.78, 5) is 19.4. The molecule has 1 atom stereocenters. The van der Waals surface area contributed by atoms with Crippen LogP contribution in [0.5, 0.6) is 5.88 Å². The summed E-state index contributed by atoms with van der Waals surface area (Å²) < 4.78 is 18.6. The number of halogens is 2. The Morgan fingerprint density at radius 1 is 1.48 bits per heavy atom. The second kappa shape index (κ2) is 6.70. The van der Waals surface area contributed by atoms with Crippen LogP contribution in [0.2, 0.25) is 5.02 Å². The third-order valence-corrected chi connectivity index (χ3v) is 4.77. The average molecular weight is 379 g/mol. The number of hydrogen-bond donors (Lipinski definition) is 2. The van der Waals surface area contributed by atoms with E-state index in [1.807, 2.05) is 6.07 Å². The Morgan fingerprint density at radius 3 is 2.88 bits per heavy atom. The van der Waals surface area contributed by atoms with E-state index in [2.05, 4.69) is 15.3 Å². The van der Waals surface area contributed by atoms with E-state index in [1.54, 1.807) is 13.0 Å². The van der Waals surface area contributed by atoms with Gasteiger partial charge in [0.15, 0.2) is 10.0 Å². The van der Waals surface area contributed by atoms with E-state index in [9.17, 15) is 9.18 Å². The number of nitrogens with one attached hydrogen (secondary N) is 2. The molecular weight excluding hydrogens is 367 g/mol. The van der Waals surface area contributed by atoms with Gasteiger partial charge >= 0.3 is 0 Å². The van der Waals surface area contributed by atoms with Crippen molar-refractivity contribution in [2.45, 2.75) is 13.0 Å². The van der Waals surface area contributed by atoms with Crippen molar-refractivity contribution in [2.24, 2.45) is 0 Å². The lowest BCUT2D eigenvalue weighted by Crippen LogP contribution is -2.19. The van der Waals surface area contributed by atoms with E-state index in [0.29, 0.717) is 26.5 Å². The first kappa shape index (κ1) is 17.2. The van der Waals surface area contributed by atoms with Gasteiger partial charge in [0.2, 0.25) is 5.88 Å². The van der Waals surface area contributed by atoms with Gasteiger partial charge in [-0.2, -0.15) is 10.2 Å². The maximum Gasteiger partial charge on any atom is 0.253 e. The van der Waals surface area contributed by atoms with Gasteiger partial charge in [0.1, 0.15) is 11.9 Å². The van der Waals surface area contributed by atoms with Crippen LogP contribution in [0.3, 0.4) is 0 Å². The van der Waals surface area contributed by atoms with Gasteiger partial charge in [0.25, 0.3) is 5.56 Å². The minimum Gasteiger partial charge on any atom is -0.479 e. The fraction of sp³-hybridized carbons (Fsp3) is 0.188. The SMILES string of the molecule is COc1nc(NC(C)c2cc3cc(Cl)c(F)cc3[nH]c2=O)sc1C#N. The summed E-state index contributed by atoms with van der Waals surface area (Å²) in [7, 11) is 1.43. The van der Waals surface area contributed by atoms with E-state index >= 15 is 0 Å². The highest BCUT2D eigenvalue weighted by Crippen LogP contribution is 2.30. The van der Waals surface area contributed by atoms with Gasteiger partial charge in [-0.3, -0.25) is 4.79 Å². The van der Waals surface area contributed by atoms with Gasteiger partial charge in [-0.05, 0) is 25.1 Å². The number of pyridine rings is 1. The maximum atomic E-state index is 13.5. The minimum atomic E-state index is -0.595. The van der Waals surface area contributed by atoms with Crippen LogP contribution < -0.4 is 15.6 Å². The Bertz CT molecular complexity index is 1060. The van der Waals surface area contributed by atoms with E-state index < -0.39 is 11.9 Å². The van der Waals surface area contributed by atoms with E-state index in [0.717, 1.165) is 11.3 Å². The summed E-state index contributed by atoms with van der Waals surface area (Å²) in [5.41, 5.74) is 0.451. The molecule has 0 fully saturated rings. The molecule has 2 aromatic heterocycles. The standard InChI is InChI=1S/C16H12ClFN4O2S/c1-7(20-16-22-15(24-2)13(6-19)25-16)9-3-8-4-10(17)11(18)5-12(8)21-14(9)23/h3-5,7H,1-2H3,(H,20,22)(H,21,23). The molecule has 25 heavy (non-hydrogen) atoms. The Kier molecular flexibility index (Phi) is 4.61. The molecule has 0 spiro atoms. The fourth-order valence-electron chi connectivity index (χ4n) is 2.38. The van der Waals surface area contributed by atoms with Crippen LogP contribution in [0.25, 0.3) is 10.9 Å². The first-order chi connectivity index (χ1) is 11.9. The number of H-pyrrole nitrogens is 1. The van der Waals surface area contributed by atoms with Crippen LogP contribution in [0.15, 0.2) is 23.0 Å². The quantitative estimate of drug-likeness (QED) is 0.720. The van der Waals surface area contributed by atoms with Gasteiger partial charge in [0, 0.05) is 10.9 Å². The molecule has 0 bridgehead atoms. The Morgan fingerprint density at radius 2 is 2.24 bits per heavy atom. The van der Waals surface area contributed by atoms with Crippen molar-refractivity contribution in [3.63, 3.8) is 0 Å². The number of aromatic amines is 1. The highest BCUT2D eigenvalue weighted by molar-refractivity contribution is 7.16. The molecule has 0 aliphatic heterocycles. The molecule has 3 aromatic rings. The van der Waals surface area contributed by atoms with Crippen molar-refractivity contribution < 1.29 is 9.13 Å². The minimum absolute atomic E-state index is 0.0190. The number of nitriles is 1. The smallest absolute Gasteiger partial charge is 0.253 e. The highest BCUT2D eigenvalue weighted by atomic mass is 35.5. The summed E-state index contributed by atoms with van der Waals surface area (Å²) in [6, 6.07) is 5.89. The van der Waals surface area contributed by atoms with Crippen LogP contribution in [0.4, 0.5) is 9.52 Å². The van der Waals surface area contributed by atoms with Crippen LogP contribution in [-0.2, 0) is 0 Å². The zero-order valence-electron chi connectivity index (χ0n) is 13.2. The second-order valence-electron chi connectivity index (χ2n) is 5.24. The molecule has 3 rings (SSSR count). The summed E-state index contributed by atoms with van der Waals surface area (Å²) in [5.74, 6) is -0.362. The molecule has 0 saturated carbocycles. The van der Waals surface area contributed by atoms with Crippen molar-refractivity contribution in [1.82, 2.24) is 9.97 Å². The predicted octanol–water partition coefficient (Wildman–Crippen LogP) is 3.83. The van der Waals surface area contributed by atoms with Gasteiger partial charge in [-0.1, -0.05) is 22.9 Å². The monoisotopic (exact) mass is 378 g/mol. The number of ether oxygens (including phenoxy) is 1. The zero-order valence-corrected chi connectivity index (χ0v) is 14.8. The number of rotatable bonds is 4. The number of nitrogens with zero attached hydrogens (tertiary/aromatic N) is 2. The largest absolute Gasteiger partial charge is 0.479 e. The fourth-order valence-corrected chi connectivity index (χ4v) is 3.37. The lowest BCUT2D eigenvalue weighted by Gasteiger charge is -2.13. The molecule has 1 aromatic carbocycles. The van der Waals surface area contributed by atoms with Crippen molar-refractivity contribution in [3.8, 4) is 11.9 Å². The highest BCUT2D eigenvalue weighted by Gasteiger charge is 2.16. The van der Waals surface area contributed by atoms with Gasteiger partial charge in [-0.15, -0.1) is 0 Å². The topological polar surface area (TPSA) is 90.8 Å². The first-order valence-electron chi connectivity index (χ1n) is 7.16. The second-order valence-corrected chi connectivity index (χ2v) is 6.65. The molecular formula is C16H12ClFN4O2S. The first-order valence-corrected chi connectivity index (χ1v) is 8.35. The molecule has 0 aliphatic rings. The molecule has 2 N–H and O–H groups in total. The molecule has 0 radical (unpaired) electrons. The summed E-state index contributed by atoms with van der Waals surface area (Å²) in [5, 5.41) is 13.2. The number of fused-ring (bicyclic) bond motifs is 1. The summed E-state index contributed by atoms with van der Waals surface area (Å²) in [6.07, 6.45) is 0. The third-order valence-electron chi connectivity index (χ3n) is 3.61. The van der Waals surface area contributed by atoms with E-state index in [1.165, 1.54) is 19.2 Å². The van der Waals surface area contributed by atoms with Gasteiger partial charge < -0.3 is 15.0 Å². The zero-order chi connectivity index (χ0) is 18.1. The Hall–Kier alpha value is -2.63. The van der Waals surface area contributed by atoms with Crippen LogP contribution in [0, 0.1) is 17.1 Å². The number of hydrogen-bond acceptors (Lipinski definition) is 6. The molecule has 128 valence electrons. The predicted molar refractivity (Wildman–Crippen MR) is 95.0 cm³/mol. The lowest BCUT2D eigenvalue weighted by atomic mass is 10.1. The van der Waals surface area contributed by atoms with Crippen LogP contribution in [0.1, 0.15) is 23.4 Å². The lowest BCUT2D eigenvalue weighted by molar-refractivity contribution is 0.400. The van der Waals surface area contributed by atoms with Gasteiger partial charge in [-0.25, -0.2) is 4.39 Å². The number of thiazole rings is 1. The van der Waals surface area contributed by atoms with Crippen molar-refractivity contribution in [2.75, 3.05) is 12.4 Å². The maximum absolute atomic E-state index is 13.5. The van der Waals surface area contributed by atoms with Gasteiger partial charge in [0.05, 0.1) is 23.7 Å². The Labute approximate surface area is 150 Å². The van der Waals surface area contributed by atoms with E-state index in [4.69, 9.17) is 21.6 Å². The molecule has 9 heteroatoms. The molecule has 0 saturated heterocycles. The van der Waals surface area contributed by atoms with Crippen LogP contribution >= 0.6 is 22.9 Å². The number of benzene rings is 1. The molecule has 0 aliphatic carbocycles.